The predicted molar refractivity (Wildman–Crippen MR) is 98.2 cm³/mol. The van der Waals surface area contributed by atoms with Gasteiger partial charge in [-0.25, -0.2) is 18.1 Å². The Kier molecular flexibility index (Phi) is 4.16. The molecule has 4 rings (SSSR count). The van der Waals surface area contributed by atoms with E-state index in [2.05, 4.69) is 19.4 Å². The number of nitrogens with one attached hydrogen (secondary N) is 1. The van der Waals surface area contributed by atoms with Crippen LogP contribution in [0.25, 0.3) is 11.3 Å². The summed E-state index contributed by atoms with van der Waals surface area (Å²) in [6.07, 6.45) is 7.29. The number of hydrogen-bond donors (Lipinski definition) is 1. The lowest BCUT2D eigenvalue weighted by Crippen LogP contribution is -2.30. The number of benzene rings is 1. The molecule has 1 aliphatic rings. The zero-order valence-electron chi connectivity index (χ0n) is 14.8. The number of hydrogen-bond acceptors (Lipinski definition) is 4. The van der Waals surface area contributed by atoms with Gasteiger partial charge < -0.3 is 4.57 Å². The van der Waals surface area contributed by atoms with E-state index in [1.165, 1.54) is 0 Å². The van der Waals surface area contributed by atoms with Crippen LogP contribution < -0.4 is 4.72 Å². The topological polar surface area (TPSA) is 81.8 Å². The second kappa shape index (κ2) is 6.37. The molecular formula is C18H21N5O2S. The molecule has 0 fully saturated rings. The molecule has 2 aromatic heterocycles. The molecule has 0 radical (unpaired) electrons. The number of aromatic nitrogens is 4. The first-order valence-electron chi connectivity index (χ1n) is 8.55. The highest BCUT2D eigenvalue weighted by atomic mass is 32.2. The molecule has 8 heteroatoms. The van der Waals surface area contributed by atoms with Crippen molar-refractivity contribution < 1.29 is 8.42 Å². The monoisotopic (exact) mass is 371 g/mol. The molecule has 0 amide bonds. The predicted octanol–water partition coefficient (Wildman–Crippen LogP) is 2.06. The van der Waals surface area contributed by atoms with Gasteiger partial charge in [0, 0.05) is 37.8 Å². The van der Waals surface area contributed by atoms with Gasteiger partial charge in [0.25, 0.3) is 0 Å². The maximum absolute atomic E-state index is 12.6. The molecule has 0 aliphatic carbocycles. The molecule has 0 saturated heterocycles. The molecule has 0 spiro atoms. The van der Waals surface area contributed by atoms with Crippen molar-refractivity contribution >= 4 is 10.0 Å². The summed E-state index contributed by atoms with van der Waals surface area (Å²) in [5.74, 6) is 0.989. The van der Waals surface area contributed by atoms with E-state index < -0.39 is 10.0 Å². The van der Waals surface area contributed by atoms with Gasteiger partial charge in [-0.2, -0.15) is 5.10 Å². The van der Waals surface area contributed by atoms with Crippen LogP contribution in [0.1, 0.15) is 23.9 Å². The van der Waals surface area contributed by atoms with Gasteiger partial charge in [0.2, 0.25) is 10.0 Å². The molecule has 1 atom stereocenters. The first-order chi connectivity index (χ1) is 12.4. The van der Waals surface area contributed by atoms with Crippen LogP contribution in [0.4, 0.5) is 0 Å². The summed E-state index contributed by atoms with van der Waals surface area (Å²) in [7, 11) is -1.65. The Bertz CT molecular complexity index is 1030. The summed E-state index contributed by atoms with van der Waals surface area (Å²) in [5.41, 5.74) is 2.99. The van der Waals surface area contributed by atoms with Gasteiger partial charge in [0.1, 0.15) is 5.82 Å². The lowest BCUT2D eigenvalue weighted by Gasteiger charge is -2.17. The second-order valence-corrected chi connectivity index (χ2v) is 8.46. The van der Waals surface area contributed by atoms with E-state index in [-0.39, 0.29) is 6.04 Å². The standard InChI is InChI=1S/C18H21N5O2S/c1-13-3-6-16(7-4-13)26(24,25)21-10-15-5-8-18-19-11-17(23(15)18)14-9-20-22(2)12-14/h3-4,6-7,9,11-12,15,21H,5,8,10H2,1-2H3/t15-/m1/s1. The van der Waals surface area contributed by atoms with E-state index in [1.54, 1.807) is 35.1 Å². The Balaban J connectivity index is 1.55. The molecule has 0 unspecified atom stereocenters. The van der Waals surface area contributed by atoms with E-state index in [1.807, 2.05) is 26.4 Å². The van der Waals surface area contributed by atoms with Crippen LogP contribution >= 0.6 is 0 Å². The molecule has 3 heterocycles. The Hall–Kier alpha value is -2.45. The van der Waals surface area contributed by atoms with E-state index in [0.717, 1.165) is 35.5 Å². The smallest absolute Gasteiger partial charge is 0.240 e. The average molecular weight is 371 g/mol. The van der Waals surface area contributed by atoms with Crippen LogP contribution in [0.15, 0.2) is 47.8 Å². The normalized spacial score (nSPS) is 16.8. The van der Waals surface area contributed by atoms with Crippen LogP contribution in [0.2, 0.25) is 0 Å². The summed E-state index contributed by atoms with van der Waals surface area (Å²) >= 11 is 0. The van der Waals surface area contributed by atoms with Crippen LogP contribution in [-0.4, -0.2) is 34.3 Å². The van der Waals surface area contributed by atoms with Crippen molar-refractivity contribution in [2.45, 2.75) is 30.7 Å². The molecule has 1 N–H and O–H groups in total. The third-order valence-electron chi connectivity index (χ3n) is 4.78. The average Bonchev–Trinajstić information content (AvgIpc) is 3.30. The maximum Gasteiger partial charge on any atom is 0.240 e. The van der Waals surface area contributed by atoms with Crippen molar-refractivity contribution in [2.75, 3.05) is 6.54 Å². The molecule has 3 aromatic rings. The summed E-state index contributed by atoms with van der Waals surface area (Å²) in [6, 6.07) is 6.92. The second-order valence-electron chi connectivity index (χ2n) is 6.69. The van der Waals surface area contributed by atoms with Gasteiger partial charge in [0.05, 0.1) is 23.0 Å². The van der Waals surface area contributed by atoms with E-state index in [0.29, 0.717) is 11.4 Å². The third-order valence-corrected chi connectivity index (χ3v) is 6.22. The van der Waals surface area contributed by atoms with Gasteiger partial charge in [0.15, 0.2) is 0 Å². The number of aryl methyl sites for hydroxylation is 3. The number of fused-ring (bicyclic) bond motifs is 1. The van der Waals surface area contributed by atoms with Gasteiger partial charge in [-0.3, -0.25) is 4.68 Å². The molecular weight excluding hydrogens is 350 g/mol. The molecule has 0 saturated carbocycles. The van der Waals surface area contributed by atoms with Crippen molar-refractivity contribution in [3.63, 3.8) is 0 Å². The highest BCUT2D eigenvalue weighted by Crippen LogP contribution is 2.32. The van der Waals surface area contributed by atoms with Crippen LogP contribution in [0, 0.1) is 6.92 Å². The fourth-order valence-corrected chi connectivity index (χ4v) is 4.46. The largest absolute Gasteiger partial charge is 0.323 e. The van der Waals surface area contributed by atoms with Crippen LogP contribution in [0.3, 0.4) is 0 Å². The minimum atomic E-state index is -3.52. The number of rotatable bonds is 5. The Labute approximate surface area is 152 Å². The molecule has 136 valence electrons. The fraction of sp³-hybridized carbons (Fsp3) is 0.333. The molecule has 0 bridgehead atoms. The van der Waals surface area contributed by atoms with Crippen molar-refractivity contribution in [1.29, 1.82) is 0 Å². The van der Waals surface area contributed by atoms with Gasteiger partial charge in [-0.05, 0) is 25.5 Å². The minimum absolute atomic E-state index is 0.0444. The third kappa shape index (κ3) is 3.06. The maximum atomic E-state index is 12.6. The van der Waals surface area contributed by atoms with Gasteiger partial charge in [-0.1, -0.05) is 17.7 Å². The zero-order valence-corrected chi connectivity index (χ0v) is 15.6. The minimum Gasteiger partial charge on any atom is -0.323 e. The van der Waals surface area contributed by atoms with Crippen LogP contribution in [-0.2, 0) is 23.5 Å². The zero-order chi connectivity index (χ0) is 18.3. The number of imidazole rings is 1. The fourth-order valence-electron chi connectivity index (χ4n) is 3.38. The van der Waals surface area contributed by atoms with Gasteiger partial charge in [-0.15, -0.1) is 0 Å². The van der Waals surface area contributed by atoms with Crippen molar-refractivity contribution in [3.8, 4) is 11.3 Å². The molecule has 26 heavy (non-hydrogen) atoms. The lowest BCUT2D eigenvalue weighted by molar-refractivity contribution is 0.510. The lowest BCUT2D eigenvalue weighted by atomic mass is 10.2. The number of sulfonamides is 1. The summed E-state index contributed by atoms with van der Waals surface area (Å²) < 4.78 is 31.8. The highest BCUT2D eigenvalue weighted by molar-refractivity contribution is 7.89. The molecule has 1 aromatic carbocycles. The SMILES string of the molecule is Cc1ccc(S(=O)(=O)NC[C@H]2CCc3ncc(-c4cnn(C)c4)n32)cc1. The Morgan fingerprint density at radius 2 is 2.00 bits per heavy atom. The van der Waals surface area contributed by atoms with E-state index >= 15 is 0 Å². The summed E-state index contributed by atoms with van der Waals surface area (Å²) in [4.78, 5) is 4.78. The molecule has 7 nitrogen and oxygen atoms in total. The van der Waals surface area contributed by atoms with Crippen molar-refractivity contribution in [3.05, 3.63) is 54.2 Å². The summed E-state index contributed by atoms with van der Waals surface area (Å²) in [6.45, 7) is 2.27. The highest BCUT2D eigenvalue weighted by Gasteiger charge is 2.28. The van der Waals surface area contributed by atoms with Crippen molar-refractivity contribution in [2.24, 2.45) is 7.05 Å². The summed E-state index contributed by atoms with van der Waals surface area (Å²) in [5, 5.41) is 4.22. The first kappa shape index (κ1) is 17.0. The van der Waals surface area contributed by atoms with Gasteiger partial charge >= 0.3 is 0 Å². The van der Waals surface area contributed by atoms with E-state index in [9.17, 15) is 8.42 Å². The van der Waals surface area contributed by atoms with Crippen LogP contribution in [0.5, 0.6) is 0 Å². The Morgan fingerprint density at radius 1 is 1.23 bits per heavy atom. The van der Waals surface area contributed by atoms with E-state index in [4.69, 9.17) is 0 Å². The Morgan fingerprint density at radius 3 is 2.69 bits per heavy atom. The molecule has 1 aliphatic heterocycles. The quantitative estimate of drug-likeness (QED) is 0.744. The first-order valence-corrected chi connectivity index (χ1v) is 10.0. The number of nitrogens with zero attached hydrogens (tertiary/aromatic N) is 4. The van der Waals surface area contributed by atoms with Crippen molar-refractivity contribution in [1.82, 2.24) is 24.1 Å².